The standard InChI is InChI=1S/C24H36N2OS/c1-14-8-9-17-16-6-5-7-18(22(16)27-23(17)26-14)21-19-12-15(13-24(2,3)4)28-20(19)10-11-25-21/h10,15-17,19,21,23,25H,5-9,11-13H2,1-4H3/t15?,16-,17?,19-,21-,23?/m0/s1/i1D3,13D2. The van der Waals surface area contributed by atoms with Gasteiger partial charge in [0, 0.05) is 48.2 Å². The zero-order valence-electron chi connectivity index (χ0n) is 22.3. The van der Waals surface area contributed by atoms with Gasteiger partial charge in [0.25, 0.3) is 0 Å². The van der Waals surface area contributed by atoms with E-state index in [0.717, 1.165) is 44.4 Å². The van der Waals surface area contributed by atoms with Crippen LogP contribution in [0.2, 0.25) is 0 Å². The van der Waals surface area contributed by atoms with E-state index in [9.17, 15) is 0 Å². The van der Waals surface area contributed by atoms with Crippen molar-refractivity contribution in [2.24, 2.45) is 28.2 Å². The van der Waals surface area contributed by atoms with Gasteiger partial charge in [-0.3, -0.25) is 4.99 Å². The van der Waals surface area contributed by atoms with E-state index in [4.69, 9.17) is 11.6 Å². The van der Waals surface area contributed by atoms with Crippen LogP contribution in [0.15, 0.2) is 27.3 Å². The number of ether oxygens (including phenoxy) is 1. The fraction of sp³-hybridized carbons (Fsp3) is 0.792. The number of nitrogens with zero attached hydrogens (tertiary/aromatic N) is 1. The van der Waals surface area contributed by atoms with Gasteiger partial charge in [0.15, 0.2) is 6.23 Å². The molecule has 0 radical (unpaired) electrons. The van der Waals surface area contributed by atoms with Gasteiger partial charge >= 0.3 is 0 Å². The normalized spacial score (nSPS) is 43.9. The highest BCUT2D eigenvalue weighted by atomic mass is 32.2. The summed E-state index contributed by atoms with van der Waals surface area (Å²) >= 11 is 1.74. The molecule has 0 saturated carbocycles. The van der Waals surface area contributed by atoms with Crippen molar-refractivity contribution in [2.45, 2.75) is 90.0 Å². The van der Waals surface area contributed by atoms with Crippen LogP contribution < -0.4 is 5.32 Å². The zero-order chi connectivity index (χ0) is 23.8. The summed E-state index contributed by atoms with van der Waals surface area (Å²) in [4.78, 5) is 5.89. The van der Waals surface area contributed by atoms with Crippen molar-refractivity contribution in [3.63, 3.8) is 0 Å². The van der Waals surface area contributed by atoms with Gasteiger partial charge in [0.1, 0.15) is 5.76 Å². The summed E-state index contributed by atoms with van der Waals surface area (Å²) in [6.07, 6.45) is 6.03. The molecular formula is C24H36N2OS. The Kier molecular flexibility index (Phi) is 3.67. The quantitative estimate of drug-likeness (QED) is 0.641. The molecule has 2 saturated heterocycles. The second-order valence-corrected chi connectivity index (χ2v) is 11.3. The number of fused-ring (bicyclic) bond motifs is 4. The highest BCUT2D eigenvalue weighted by Crippen LogP contribution is 2.53. The van der Waals surface area contributed by atoms with Crippen molar-refractivity contribution in [1.82, 2.24) is 5.32 Å². The largest absolute Gasteiger partial charge is 0.472 e. The van der Waals surface area contributed by atoms with Crippen molar-refractivity contribution in [3.05, 3.63) is 22.3 Å². The molecule has 5 aliphatic rings. The van der Waals surface area contributed by atoms with Gasteiger partial charge in [-0.2, -0.15) is 0 Å². The molecule has 1 N–H and O–H groups in total. The lowest BCUT2D eigenvalue weighted by Gasteiger charge is -2.35. The van der Waals surface area contributed by atoms with E-state index < -0.39 is 18.6 Å². The van der Waals surface area contributed by atoms with Crippen LogP contribution in [0, 0.1) is 23.2 Å². The van der Waals surface area contributed by atoms with E-state index in [1.54, 1.807) is 11.8 Å². The molecule has 0 aromatic rings. The summed E-state index contributed by atoms with van der Waals surface area (Å²) < 4.78 is 47.4. The predicted molar refractivity (Wildman–Crippen MR) is 119 cm³/mol. The molecule has 4 heteroatoms. The van der Waals surface area contributed by atoms with E-state index in [0.29, 0.717) is 18.1 Å². The third kappa shape index (κ3) is 3.49. The lowest BCUT2D eigenvalue weighted by Crippen LogP contribution is -2.42. The molecule has 154 valence electrons. The Bertz CT molecular complexity index is 904. The molecule has 0 amide bonds. The molecule has 0 aromatic heterocycles. The molecule has 6 atom stereocenters. The number of aliphatic imine (C=N–C) groups is 1. The number of allylic oxidation sites excluding steroid dienone is 1. The first kappa shape index (κ1) is 14.3. The van der Waals surface area contributed by atoms with Crippen molar-refractivity contribution in [2.75, 3.05) is 6.54 Å². The summed E-state index contributed by atoms with van der Waals surface area (Å²) in [5.41, 5.74) is 1.23. The van der Waals surface area contributed by atoms with Gasteiger partial charge in [-0.15, -0.1) is 11.8 Å². The third-order valence-electron chi connectivity index (χ3n) is 6.87. The van der Waals surface area contributed by atoms with E-state index >= 15 is 0 Å². The van der Waals surface area contributed by atoms with Crippen LogP contribution in [0.4, 0.5) is 0 Å². The minimum atomic E-state index is -2.13. The molecule has 2 fully saturated rings. The van der Waals surface area contributed by atoms with Crippen LogP contribution >= 0.6 is 11.8 Å². The van der Waals surface area contributed by atoms with Gasteiger partial charge in [-0.25, -0.2) is 0 Å². The average Bonchev–Trinajstić information content (AvgIpc) is 3.33. The number of rotatable bonds is 2. The van der Waals surface area contributed by atoms with Gasteiger partial charge in [-0.1, -0.05) is 26.8 Å². The fourth-order valence-electron chi connectivity index (χ4n) is 5.80. The highest BCUT2D eigenvalue weighted by Gasteiger charge is 2.48. The summed E-state index contributed by atoms with van der Waals surface area (Å²) in [5.74, 6) is 1.96. The van der Waals surface area contributed by atoms with Crippen LogP contribution in [-0.4, -0.2) is 29.8 Å². The molecule has 4 heterocycles. The van der Waals surface area contributed by atoms with Crippen LogP contribution in [0.5, 0.6) is 0 Å². The molecule has 1 aliphatic carbocycles. The summed E-state index contributed by atoms with van der Waals surface area (Å²) in [5, 5.41) is 3.67. The number of hydrogen-bond donors (Lipinski definition) is 1. The number of hydrogen-bond acceptors (Lipinski definition) is 4. The highest BCUT2D eigenvalue weighted by molar-refractivity contribution is 8.04. The van der Waals surface area contributed by atoms with E-state index in [1.165, 1.54) is 10.5 Å². The Hall–Kier alpha value is -0.740. The lowest BCUT2D eigenvalue weighted by molar-refractivity contribution is 0.127. The van der Waals surface area contributed by atoms with Crippen molar-refractivity contribution in [3.8, 4) is 0 Å². The molecule has 28 heavy (non-hydrogen) atoms. The van der Waals surface area contributed by atoms with E-state index in [-0.39, 0.29) is 29.4 Å². The zero-order valence-corrected chi connectivity index (χ0v) is 18.1. The molecule has 4 aliphatic heterocycles. The van der Waals surface area contributed by atoms with Crippen LogP contribution in [0.1, 0.15) is 79.4 Å². The summed E-state index contributed by atoms with van der Waals surface area (Å²) in [6, 6.07) is 0.169. The first-order valence-electron chi connectivity index (χ1n) is 13.4. The van der Waals surface area contributed by atoms with Gasteiger partial charge in [0.2, 0.25) is 0 Å². The molecule has 3 unspecified atom stereocenters. The first-order chi connectivity index (χ1) is 15.4. The molecular weight excluding hydrogens is 364 g/mol. The minimum Gasteiger partial charge on any atom is -0.472 e. The molecule has 0 spiro atoms. The third-order valence-corrected chi connectivity index (χ3v) is 8.20. The number of thioether (sulfide) groups is 1. The maximum atomic E-state index is 8.83. The SMILES string of the molecule is [2H]C([2H])([2H])C1=NC2OC3=C([C@@H]4NCC=C5SC(C([2H])([2H])C(C)(C)C)C[C@@H]54)CCC[C@H]3C2CC1. The van der Waals surface area contributed by atoms with Crippen molar-refractivity contribution < 1.29 is 11.6 Å². The Labute approximate surface area is 181 Å². The van der Waals surface area contributed by atoms with Crippen LogP contribution in [0.3, 0.4) is 0 Å². The Morgan fingerprint density at radius 3 is 3.04 bits per heavy atom. The maximum Gasteiger partial charge on any atom is 0.192 e. The topological polar surface area (TPSA) is 33.6 Å². The van der Waals surface area contributed by atoms with Crippen molar-refractivity contribution >= 4 is 17.5 Å². The molecule has 5 rings (SSSR count). The van der Waals surface area contributed by atoms with Gasteiger partial charge in [0.05, 0.1) is 0 Å². The summed E-state index contributed by atoms with van der Waals surface area (Å²) in [7, 11) is 0. The molecule has 0 bridgehead atoms. The van der Waals surface area contributed by atoms with Crippen LogP contribution in [0.25, 0.3) is 0 Å². The van der Waals surface area contributed by atoms with Gasteiger partial charge < -0.3 is 10.1 Å². The van der Waals surface area contributed by atoms with Crippen molar-refractivity contribution in [1.29, 1.82) is 0 Å². The second kappa shape index (κ2) is 7.19. The Balaban J connectivity index is 1.43. The fourth-order valence-corrected chi connectivity index (χ4v) is 7.43. The molecule has 3 nitrogen and oxygen atoms in total. The lowest BCUT2D eigenvalue weighted by atomic mass is 9.74. The minimum absolute atomic E-state index is 0.0559. The smallest absolute Gasteiger partial charge is 0.192 e. The Morgan fingerprint density at radius 1 is 1.32 bits per heavy atom. The predicted octanol–water partition coefficient (Wildman–Crippen LogP) is 5.68. The average molecular weight is 406 g/mol. The Morgan fingerprint density at radius 2 is 2.21 bits per heavy atom. The second-order valence-electron chi connectivity index (χ2n) is 10.0. The maximum absolute atomic E-state index is 8.83. The summed E-state index contributed by atoms with van der Waals surface area (Å²) in [6.45, 7) is 4.66. The molecule has 0 aromatic carbocycles. The van der Waals surface area contributed by atoms with Crippen LogP contribution in [-0.2, 0) is 4.74 Å². The van der Waals surface area contributed by atoms with E-state index in [1.807, 2.05) is 20.8 Å². The number of nitrogens with one attached hydrogen (secondary N) is 1. The first-order valence-corrected chi connectivity index (χ1v) is 11.8. The monoisotopic (exact) mass is 405 g/mol. The van der Waals surface area contributed by atoms with E-state index in [2.05, 4.69) is 16.4 Å². The van der Waals surface area contributed by atoms with Gasteiger partial charge in [-0.05, 0) is 67.6 Å².